The van der Waals surface area contributed by atoms with Gasteiger partial charge in [-0.15, -0.1) is 0 Å². The number of rotatable bonds is 3. The van der Waals surface area contributed by atoms with Crippen LogP contribution in [0.2, 0.25) is 0 Å². The predicted molar refractivity (Wildman–Crippen MR) is 95.7 cm³/mol. The first-order chi connectivity index (χ1) is 12.3. The Morgan fingerprint density at radius 2 is 2.16 bits per heavy atom. The van der Waals surface area contributed by atoms with E-state index in [0.29, 0.717) is 18.7 Å². The van der Waals surface area contributed by atoms with Gasteiger partial charge in [0, 0.05) is 30.8 Å². The number of carbonyl (C=O) groups excluding carboxylic acids is 1. The molecular weight excluding hydrogens is 316 g/mol. The van der Waals surface area contributed by atoms with E-state index in [1.54, 1.807) is 13.4 Å². The molecule has 1 aliphatic heterocycles. The zero-order chi connectivity index (χ0) is 17.2. The molecule has 6 heteroatoms. The van der Waals surface area contributed by atoms with Crippen molar-refractivity contribution in [3.05, 3.63) is 59.9 Å². The molecule has 1 aliphatic rings. The van der Waals surface area contributed by atoms with Gasteiger partial charge in [0.2, 0.25) is 0 Å². The number of nitrogens with zero attached hydrogens (tertiary/aromatic N) is 2. The van der Waals surface area contributed by atoms with Gasteiger partial charge in [0.1, 0.15) is 5.75 Å². The van der Waals surface area contributed by atoms with E-state index in [0.717, 1.165) is 28.9 Å². The Bertz CT molecular complexity index is 905. The number of fused-ring (bicyclic) bond motifs is 1. The topological polar surface area (TPSA) is 70.2 Å². The second-order valence-corrected chi connectivity index (χ2v) is 6.09. The molecule has 1 amide bonds. The molecule has 0 saturated carbocycles. The number of imidazole rings is 1. The Morgan fingerprint density at radius 3 is 3.04 bits per heavy atom. The minimum Gasteiger partial charge on any atom is -0.496 e. The van der Waals surface area contributed by atoms with Crippen molar-refractivity contribution in [3.8, 4) is 5.75 Å². The van der Waals surface area contributed by atoms with Crippen molar-refractivity contribution in [1.29, 1.82) is 0 Å². The van der Waals surface area contributed by atoms with Gasteiger partial charge in [-0.3, -0.25) is 4.79 Å². The third-order valence-corrected chi connectivity index (χ3v) is 4.67. The zero-order valence-corrected chi connectivity index (χ0v) is 14.0. The first-order valence-electron chi connectivity index (χ1n) is 8.35. The van der Waals surface area contributed by atoms with E-state index in [1.807, 2.05) is 47.4 Å². The molecule has 2 aromatic carbocycles. The molecule has 0 unspecified atom stereocenters. The maximum Gasteiger partial charge on any atom is 0.254 e. The number of hydrogen-bond acceptors (Lipinski definition) is 4. The molecular formula is C19H20N4O2. The highest BCUT2D eigenvalue weighted by Crippen LogP contribution is 2.31. The van der Waals surface area contributed by atoms with Crippen molar-refractivity contribution in [2.75, 3.05) is 26.7 Å². The van der Waals surface area contributed by atoms with Gasteiger partial charge in [-0.25, -0.2) is 4.98 Å². The summed E-state index contributed by atoms with van der Waals surface area (Å²) in [6.07, 6.45) is 1.64. The zero-order valence-electron chi connectivity index (χ0n) is 14.0. The van der Waals surface area contributed by atoms with Crippen LogP contribution in [-0.4, -0.2) is 47.5 Å². The third-order valence-electron chi connectivity index (χ3n) is 4.67. The van der Waals surface area contributed by atoms with E-state index < -0.39 is 0 Å². The van der Waals surface area contributed by atoms with Crippen LogP contribution >= 0.6 is 0 Å². The summed E-state index contributed by atoms with van der Waals surface area (Å²) in [5, 5.41) is 3.38. The van der Waals surface area contributed by atoms with Crippen LogP contribution in [0, 0.1) is 0 Å². The lowest BCUT2D eigenvalue weighted by Crippen LogP contribution is -2.48. The quantitative estimate of drug-likeness (QED) is 0.770. The lowest BCUT2D eigenvalue weighted by atomic mass is 10.0. The van der Waals surface area contributed by atoms with Crippen molar-refractivity contribution in [2.45, 2.75) is 6.04 Å². The SMILES string of the molecule is COc1ccccc1[C@H]1CNCCN1C(=O)c1ccc2nc[nH]c2c1. The number of hydrogen-bond donors (Lipinski definition) is 2. The highest BCUT2D eigenvalue weighted by atomic mass is 16.5. The molecule has 4 rings (SSSR count). The number of H-pyrrole nitrogens is 1. The highest BCUT2D eigenvalue weighted by Gasteiger charge is 2.30. The van der Waals surface area contributed by atoms with Crippen molar-refractivity contribution >= 4 is 16.9 Å². The summed E-state index contributed by atoms with van der Waals surface area (Å²) in [5.41, 5.74) is 3.42. The number of para-hydroxylation sites is 1. The Balaban J connectivity index is 1.69. The molecule has 0 radical (unpaired) electrons. The van der Waals surface area contributed by atoms with Gasteiger partial charge in [0.05, 0.1) is 30.5 Å². The van der Waals surface area contributed by atoms with Crippen LogP contribution in [0.3, 0.4) is 0 Å². The summed E-state index contributed by atoms with van der Waals surface area (Å²) in [6.45, 7) is 2.14. The Labute approximate surface area is 145 Å². The Hall–Kier alpha value is -2.86. The first kappa shape index (κ1) is 15.7. The number of piperazine rings is 1. The molecule has 128 valence electrons. The van der Waals surface area contributed by atoms with Crippen molar-refractivity contribution in [1.82, 2.24) is 20.2 Å². The number of ether oxygens (including phenoxy) is 1. The summed E-state index contributed by atoms with van der Waals surface area (Å²) in [4.78, 5) is 22.4. The standard InChI is InChI=1S/C19H20N4O2/c1-25-18-5-3-2-4-14(18)17-11-20-8-9-23(17)19(24)13-6-7-15-16(10-13)22-12-21-15/h2-7,10,12,17,20H,8-9,11H2,1H3,(H,21,22)/t17-/m1/s1. The summed E-state index contributed by atoms with van der Waals surface area (Å²) in [7, 11) is 1.66. The second-order valence-electron chi connectivity index (χ2n) is 6.09. The van der Waals surface area contributed by atoms with E-state index in [4.69, 9.17) is 4.74 Å². The highest BCUT2D eigenvalue weighted by molar-refractivity contribution is 5.97. The maximum absolute atomic E-state index is 13.2. The van der Waals surface area contributed by atoms with E-state index in [1.165, 1.54) is 0 Å². The van der Waals surface area contributed by atoms with E-state index in [2.05, 4.69) is 15.3 Å². The largest absolute Gasteiger partial charge is 0.496 e. The fourth-order valence-corrected chi connectivity index (χ4v) is 3.40. The van der Waals surface area contributed by atoms with Crippen molar-refractivity contribution in [2.24, 2.45) is 0 Å². The summed E-state index contributed by atoms with van der Waals surface area (Å²) in [6, 6.07) is 13.4. The smallest absolute Gasteiger partial charge is 0.254 e. The van der Waals surface area contributed by atoms with Gasteiger partial charge in [0.25, 0.3) is 5.91 Å². The molecule has 2 heterocycles. The minimum absolute atomic E-state index is 0.0221. The first-order valence-corrected chi connectivity index (χ1v) is 8.35. The fourth-order valence-electron chi connectivity index (χ4n) is 3.40. The van der Waals surface area contributed by atoms with Gasteiger partial charge in [-0.1, -0.05) is 18.2 Å². The summed E-state index contributed by atoms with van der Waals surface area (Å²) in [5.74, 6) is 0.826. The van der Waals surface area contributed by atoms with Crippen molar-refractivity contribution in [3.63, 3.8) is 0 Å². The van der Waals surface area contributed by atoms with Crippen LogP contribution in [0.5, 0.6) is 5.75 Å². The lowest BCUT2D eigenvalue weighted by Gasteiger charge is -2.37. The van der Waals surface area contributed by atoms with Gasteiger partial charge in [0.15, 0.2) is 0 Å². The fraction of sp³-hybridized carbons (Fsp3) is 0.263. The number of aromatic nitrogens is 2. The number of methoxy groups -OCH3 is 1. The second kappa shape index (κ2) is 6.57. The van der Waals surface area contributed by atoms with Gasteiger partial charge in [-0.2, -0.15) is 0 Å². The molecule has 1 atom stereocenters. The number of nitrogens with one attached hydrogen (secondary N) is 2. The Kier molecular flexibility index (Phi) is 4.11. The van der Waals surface area contributed by atoms with Gasteiger partial charge >= 0.3 is 0 Å². The number of benzene rings is 2. The average Bonchev–Trinajstić information content (AvgIpc) is 3.15. The van der Waals surface area contributed by atoms with Crippen LogP contribution < -0.4 is 10.1 Å². The number of aromatic amines is 1. The van der Waals surface area contributed by atoms with Gasteiger partial charge < -0.3 is 19.9 Å². The molecule has 3 aromatic rings. The van der Waals surface area contributed by atoms with E-state index in [-0.39, 0.29) is 11.9 Å². The lowest BCUT2D eigenvalue weighted by molar-refractivity contribution is 0.0632. The summed E-state index contributed by atoms with van der Waals surface area (Å²) >= 11 is 0. The van der Waals surface area contributed by atoms with Crippen LogP contribution in [0.15, 0.2) is 48.8 Å². The molecule has 6 nitrogen and oxygen atoms in total. The molecule has 0 aliphatic carbocycles. The van der Waals surface area contributed by atoms with Crippen LogP contribution in [0.25, 0.3) is 11.0 Å². The summed E-state index contributed by atoms with van der Waals surface area (Å²) < 4.78 is 5.50. The molecule has 2 N–H and O–H groups in total. The molecule has 25 heavy (non-hydrogen) atoms. The van der Waals surface area contributed by atoms with Crippen molar-refractivity contribution < 1.29 is 9.53 Å². The number of amides is 1. The van der Waals surface area contributed by atoms with Crippen LogP contribution in [0.4, 0.5) is 0 Å². The van der Waals surface area contributed by atoms with Crippen LogP contribution in [-0.2, 0) is 0 Å². The van der Waals surface area contributed by atoms with Crippen LogP contribution in [0.1, 0.15) is 22.0 Å². The molecule has 1 saturated heterocycles. The monoisotopic (exact) mass is 336 g/mol. The normalized spacial score (nSPS) is 17.6. The minimum atomic E-state index is -0.0603. The van der Waals surface area contributed by atoms with E-state index >= 15 is 0 Å². The van der Waals surface area contributed by atoms with Gasteiger partial charge in [-0.05, 0) is 24.3 Å². The predicted octanol–water partition coefficient (Wildman–Crippen LogP) is 2.36. The average molecular weight is 336 g/mol. The third kappa shape index (κ3) is 2.85. The van der Waals surface area contributed by atoms with E-state index in [9.17, 15) is 4.79 Å². The molecule has 1 aromatic heterocycles. The molecule has 1 fully saturated rings. The molecule has 0 spiro atoms. The number of carbonyl (C=O) groups is 1. The molecule has 0 bridgehead atoms. The maximum atomic E-state index is 13.2. The Morgan fingerprint density at radius 1 is 1.28 bits per heavy atom.